The van der Waals surface area contributed by atoms with Crippen molar-refractivity contribution in [3.05, 3.63) is 35.4 Å². The SMILES string of the molecule is CC(C)c1ccc([C](=[Zr+2])C2CCC2)cc1. The van der Waals surface area contributed by atoms with Crippen molar-refractivity contribution in [2.45, 2.75) is 39.0 Å². The molecule has 15 heavy (non-hydrogen) atoms. The fourth-order valence-electron chi connectivity index (χ4n) is 1.98. The van der Waals surface area contributed by atoms with Gasteiger partial charge in [0.1, 0.15) is 0 Å². The van der Waals surface area contributed by atoms with Crippen molar-refractivity contribution < 1.29 is 24.2 Å². The molecule has 0 aliphatic heterocycles. The summed E-state index contributed by atoms with van der Waals surface area (Å²) in [5, 5.41) is 0. The van der Waals surface area contributed by atoms with E-state index >= 15 is 0 Å². The molecule has 1 aromatic rings. The Morgan fingerprint density at radius 1 is 1.20 bits per heavy atom. The molecule has 76 valence electrons. The Labute approximate surface area is 107 Å². The van der Waals surface area contributed by atoms with Gasteiger partial charge in [0, 0.05) is 0 Å². The molecule has 0 amide bonds. The second kappa shape index (κ2) is 4.87. The number of hydrogen-bond donors (Lipinski definition) is 0. The van der Waals surface area contributed by atoms with E-state index in [1.165, 1.54) is 30.4 Å². The molecule has 1 heteroatoms. The standard InChI is InChI=1S/C14H18.Zr/c1-11(2)14-8-6-13(7-9-14)10-12-4-3-5-12;/h6-9,11-12H,3-5H2,1-2H3;/q;+2. The monoisotopic (exact) mass is 276 g/mol. The molecule has 1 saturated carbocycles. The second-order valence-electron chi connectivity index (χ2n) is 4.82. The van der Waals surface area contributed by atoms with E-state index in [1.54, 1.807) is 27.4 Å². The van der Waals surface area contributed by atoms with Gasteiger partial charge in [-0.2, -0.15) is 0 Å². The average molecular weight is 278 g/mol. The normalized spacial score (nSPS) is 16.6. The van der Waals surface area contributed by atoms with Gasteiger partial charge in [-0.05, 0) is 0 Å². The van der Waals surface area contributed by atoms with Crippen LogP contribution in [-0.4, -0.2) is 3.21 Å². The number of hydrogen-bond acceptors (Lipinski definition) is 0. The zero-order chi connectivity index (χ0) is 10.8. The first-order valence-corrected chi connectivity index (χ1v) is 7.10. The predicted molar refractivity (Wildman–Crippen MR) is 62.0 cm³/mol. The quantitative estimate of drug-likeness (QED) is 0.791. The van der Waals surface area contributed by atoms with Crippen LogP contribution < -0.4 is 0 Å². The van der Waals surface area contributed by atoms with Gasteiger partial charge in [-0.1, -0.05) is 0 Å². The molecule has 0 heterocycles. The fraction of sp³-hybridized carbons (Fsp3) is 0.500. The molecule has 0 atom stereocenters. The molecule has 0 aromatic heterocycles. The van der Waals surface area contributed by atoms with Crippen LogP contribution in [0.4, 0.5) is 0 Å². The molecule has 1 aliphatic rings. The molecule has 1 aromatic carbocycles. The number of benzene rings is 1. The molecule has 0 nitrogen and oxygen atoms in total. The molecule has 0 unspecified atom stereocenters. The minimum atomic E-state index is 0.649. The zero-order valence-corrected chi connectivity index (χ0v) is 12.0. The maximum absolute atomic E-state index is 2.32. The third kappa shape index (κ3) is 2.56. The summed E-state index contributed by atoms with van der Waals surface area (Å²) in [4.78, 5) is 0. The van der Waals surface area contributed by atoms with E-state index in [1.807, 2.05) is 0 Å². The molecule has 0 radical (unpaired) electrons. The van der Waals surface area contributed by atoms with Gasteiger partial charge in [-0.25, -0.2) is 0 Å². The van der Waals surface area contributed by atoms with Gasteiger partial charge in [-0.3, -0.25) is 0 Å². The first-order valence-electron chi connectivity index (χ1n) is 5.87. The van der Waals surface area contributed by atoms with Gasteiger partial charge in [0.05, 0.1) is 0 Å². The van der Waals surface area contributed by atoms with E-state index in [-0.39, 0.29) is 0 Å². The van der Waals surface area contributed by atoms with Crippen molar-refractivity contribution in [1.82, 2.24) is 0 Å². The van der Waals surface area contributed by atoms with Crippen molar-refractivity contribution in [2.75, 3.05) is 0 Å². The van der Waals surface area contributed by atoms with E-state index in [0.717, 1.165) is 5.92 Å². The molecule has 0 saturated heterocycles. The predicted octanol–water partition coefficient (Wildman–Crippen LogP) is 3.68. The Morgan fingerprint density at radius 3 is 2.20 bits per heavy atom. The summed E-state index contributed by atoms with van der Waals surface area (Å²) in [7, 11) is 0. The maximum atomic E-state index is 2.32. The third-order valence-corrected chi connectivity index (χ3v) is 5.11. The second-order valence-corrected chi connectivity index (χ2v) is 6.14. The number of rotatable bonds is 3. The van der Waals surface area contributed by atoms with E-state index in [2.05, 4.69) is 38.1 Å². The summed E-state index contributed by atoms with van der Waals surface area (Å²) in [6.07, 6.45) is 4.28. The minimum absolute atomic E-state index is 0.649. The Bertz CT molecular complexity index is 344. The van der Waals surface area contributed by atoms with Gasteiger partial charge in [0.25, 0.3) is 0 Å². The van der Waals surface area contributed by atoms with Crippen molar-refractivity contribution in [2.24, 2.45) is 5.92 Å². The van der Waals surface area contributed by atoms with Crippen LogP contribution >= 0.6 is 0 Å². The van der Waals surface area contributed by atoms with Crippen LogP contribution in [0.2, 0.25) is 0 Å². The van der Waals surface area contributed by atoms with Crippen molar-refractivity contribution in [3.63, 3.8) is 0 Å². The van der Waals surface area contributed by atoms with Crippen LogP contribution in [0.25, 0.3) is 0 Å². The van der Waals surface area contributed by atoms with E-state index in [4.69, 9.17) is 0 Å². The molecule has 0 N–H and O–H groups in total. The summed E-state index contributed by atoms with van der Waals surface area (Å²) < 4.78 is 1.68. The van der Waals surface area contributed by atoms with Crippen LogP contribution in [0, 0.1) is 5.92 Å². The molecular formula is C14H18Zr+2. The summed E-state index contributed by atoms with van der Waals surface area (Å²) in [5.41, 5.74) is 2.94. The summed E-state index contributed by atoms with van der Waals surface area (Å²) in [6, 6.07) is 9.22. The Balaban J connectivity index is 2.12. The van der Waals surface area contributed by atoms with Gasteiger partial charge in [0.15, 0.2) is 0 Å². The van der Waals surface area contributed by atoms with Crippen molar-refractivity contribution in [1.29, 1.82) is 0 Å². The van der Waals surface area contributed by atoms with E-state index in [9.17, 15) is 0 Å². The zero-order valence-electron chi connectivity index (χ0n) is 9.59. The average Bonchev–Trinajstić information content (AvgIpc) is 2.15. The van der Waals surface area contributed by atoms with E-state index in [0.29, 0.717) is 5.92 Å². The van der Waals surface area contributed by atoms with Gasteiger partial charge >= 0.3 is 108 Å². The van der Waals surface area contributed by atoms with Crippen LogP contribution in [-0.2, 0) is 24.2 Å². The van der Waals surface area contributed by atoms with Gasteiger partial charge in [0.2, 0.25) is 0 Å². The Hall–Kier alpha value is -0.0269. The van der Waals surface area contributed by atoms with Crippen LogP contribution in [0.3, 0.4) is 0 Å². The Morgan fingerprint density at radius 2 is 1.80 bits per heavy atom. The van der Waals surface area contributed by atoms with Crippen LogP contribution in [0.15, 0.2) is 24.3 Å². The fourth-order valence-corrected chi connectivity index (χ4v) is 3.10. The summed E-state index contributed by atoms with van der Waals surface area (Å²) in [5.74, 6) is 1.56. The van der Waals surface area contributed by atoms with E-state index < -0.39 is 0 Å². The topological polar surface area (TPSA) is 0 Å². The van der Waals surface area contributed by atoms with Crippen LogP contribution in [0.5, 0.6) is 0 Å². The first kappa shape index (κ1) is 11.5. The molecule has 2 rings (SSSR count). The first-order chi connectivity index (χ1) is 7.18. The third-order valence-electron chi connectivity index (χ3n) is 3.40. The summed E-state index contributed by atoms with van der Waals surface area (Å²) in [6.45, 7) is 4.51. The van der Waals surface area contributed by atoms with Crippen LogP contribution in [0.1, 0.15) is 50.2 Å². The van der Waals surface area contributed by atoms with Gasteiger partial charge in [-0.15, -0.1) is 0 Å². The molecule has 0 bridgehead atoms. The molecule has 1 aliphatic carbocycles. The Kier molecular flexibility index (Phi) is 3.72. The molecule has 0 spiro atoms. The summed E-state index contributed by atoms with van der Waals surface area (Å²) >= 11 is 1.61. The van der Waals surface area contributed by atoms with Crippen molar-refractivity contribution >= 4 is 3.21 Å². The van der Waals surface area contributed by atoms with Gasteiger partial charge < -0.3 is 0 Å². The molecular weight excluding hydrogens is 259 g/mol. The van der Waals surface area contributed by atoms with Crippen molar-refractivity contribution in [3.8, 4) is 0 Å². The molecule has 1 fully saturated rings.